The molecule has 3 fully saturated rings. The number of aliphatic hydroxyl groups is 2. The normalized spacial score (nSPS) is 38.4. The van der Waals surface area contributed by atoms with Gasteiger partial charge in [0.1, 0.15) is 5.82 Å². The van der Waals surface area contributed by atoms with Gasteiger partial charge < -0.3 is 25.4 Å². The highest BCUT2D eigenvalue weighted by Crippen LogP contribution is 2.65. The predicted octanol–water partition coefficient (Wildman–Crippen LogP) is 5.05. The maximum atomic E-state index is 13.7. The van der Waals surface area contributed by atoms with Crippen molar-refractivity contribution in [2.45, 2.75) is 70.3 Å². The van der Waals surface area contributed by atoms with Gasteiger partial charge in [-0.15, -0.1) is 0 Å². The highest BCUT2D eigenvalue weighted by molar-refractivity contribution is 6.30. The lowest BCUT2D eigenvalue weighted by molar-refractivity contribution is -0.312. The van der Waals surface area contributed by atoms with Crippen LogP contribution in [0.15, 0.2) is 42.0 Å². The van der Waals surface area contributed by atoms with Crippen molar-refractivity contribution in [1.82, 2.24) is 0 Å². The van der Waals surface area contributed by atoms with Crippen LogP contribution in [0.1, 0.15) is 64.2 Å². The number of rotatable bonds is 6. The fourth-order valence-corrected chi connectivity index (χ4v) is 6.95. The van der Waals surface area contributed by atoms with Gasteiger partial charge in [-0.05, 0) is 67.6 Å². The smallest absolute Gasteiger partial charge is 0.184 e. The fourth-order valence-electron chi connectivity index (χ4n) is 6.76. The number of ether oxygens (including phenoxy) is 2. The van der Waals surface area contributed by atoms with Crippen molar-refractivity contribution in [3.05, 3.63) is 58.4 Å². The Hall–Kier alpha value is -1.28. The molecule has 7 heteroatoms. The Kier molecular flexibility index (Phi) is 7.32. The van der Waals surface area contributed by atoms with Crippen LogP contribution >= 0.6 is 11.6 Å². The van der Waals surface area contributed by atoms with Gasteiger partial charge in [0.25, 0.3) is 0 Å². The SMILES string of the molecule is C=C1CC[C@@]2(N)[C@@](C)(CCC3OC(c4ccc(F)c(Cl)c4)OC[C@]32C)C1C/C=C(/CO)CCO. The average Bonchev–Trinajstić information content (AvgIpc) is 2.81. The summed E-state index contributed by atoms with van der Waals surface area (Å²) in [4.78, 5) is 0. The van der Waals surface area contributed by atoms with Gasteiger partial charge in [0.2, 0.25) is 0 Å². The highest BCUT2D eigenvalue weighted by atomic mass is 35.5. The van der Waals surface area contributed by atoms with Crippen LogP contribution in [-0.4, -0.2) is 41.7 Å². The zero-order chi connectivity index (χ0) is 24.7. The summed E-state index contributed by atoms with van der Waals surface area (Å²) in [5.41, 5.74) is 8.96. The van der Waals surface area contributed by atoms with Crippen LogP contribution in [0.4, 0.5) is 4.39 Å². The molecule has 3 unspecified atom stereocenters. The molecular weight excluding hydrogens is 457 g/mol. The Labute approximate surface area is 206 Å². The Morgan fingerprint density at radius 1 is 1.29 bits per heavy atom. The summed E-state index contributed by atoms with van der Waals surface area (Å²) in [5, 5.41) is 19.0. The molecule has 2 saturated carbocycles. The van der Waals surface area contributed by atoms with E-state index in [1.807, 2.05) is 0 Å². The lowest BCUT2D eigenvalue weighted by Gasteiger charge is -2.68. The van der Waals surface area contributed by atoms with E-state index < -0.39 is 23.1 Å². The number of hydrogen-bond donors (Lipinski definition) is 3. The summed E-state index contributed by atoms with van der Waals surface area (Å²) in [7, 11) is 0. The van der Waals surface area contributed by atoms with Gasteiger partial charge in [-0.2, -0.15) is 0 Å². The molecule has 1 saturated heterocycles. The molecule has 0 bridgehead atoms. The van der Waals surface area contributed by atoms with Crippen molar-refractivity contribution in [3.8, 4) is 0 Å². The fraction of sp³-hybridized carbons (Fsp3) is 0.630. The average molecular weight is 494 g/mol. The van der Waals surface area contributed by atoms with E-state index in [-0.39, 0.29) is 35.7 Å². The van der Waals surface area contributed by atoms with Crippen molar-refractivity contribution in [2.24, 2.45) is 22.5 Å². The number of nitrogens with two attached hydrogens (primary N) is 1. The first-order valence-corrected chi connectivity index (χ1v) is 12.6. The lowest BCUT2D eigenvalue weighted by atomic mass is 9.42. The maximum absolute atomic E-state index is 13.7. The molecular formula is C27H37ClFNO4. The topological polar surface area (TPSA) is 84.9 Å². The number of hydrogen-bond acceptors (Lipinski definition) is 5. The molecule has 0 amide bonds. The van der Waals surface area contributed by atoms with Crippen molar-refractivity contribution >= 4 is 11.6 Å². The Bertz CT molecular complexity index is 970. The zero-order valence-corrected chi connectivity index (χ0v) is 20.9. The summed E-state index contributed by atoms with van der Waals surface area (Å²) >= 11 is 5.99. The molecule has 4 N–H and O–H groups in total. The van der Waals surface area contributed by atoms with Crippen molar-refractivity contribution in [2.75, 3.05) is 19.8 Å². The summed E-state index contributed by atoms with van der Waals surface area (Å²) in [6.07, 6.45) is 5.91. The molecule has 1 aromatic carbocycles. The van der Waals surface area contributed by atoms with Crippen LogP contribution in [0.5, 0.6) is 0 Å². The quantitative estimate of drug-likeness (QED) is 0.482. The second-order valence-electron chi connectivity index (χ2n) is 10.7. The first-order chi connectivity index (χ1) is 16.1. The first kappa shape index (κ1) is 25.8. The number of benzene rings is 1. The minimum absolute atomic E-state index is 0.0188. The number of fused-ring (bicyclic) bond motifs is 3. The molecule has 34 heavy (non-hydrogen) atoms. The maximum Gasteiger partial charge on any atom is 0.184 e. The first-order valence-electron chi connectivity index (χ1n) is 12.2. The predicted molar refractivity (Wildman–Crippen MR) is 131 cm³/mol. The largest absolute Gasteiger partial charge is 0.396 e. The van der Waals surface area contributed by atoms with Gasteiger partial charge in [-0.1, -0.05) is 49.7 Å². The standard InChI is InChI=1S/C27H37ClFNO4/c1-17-8-12-27(30)25(2,20(17)6-4-18(15-32)10-13-31)11-9-23-26(27,3)16-33-24(34-23)19-5-7-22(29)21(28)14-19/h4-5,7,14,20,23-24,31-32H,1,6,8-13,15-16,30H2,2-3H3/b18-4+/t20?,23?,24?,25-,26+,27+/m0/s1. The van der Waals surface area contributed by atoms with E-state index in [0.29, 0.717) is 18.6 Å². The molecule has 0 radical (unpaired) electrons. The molecule has 5 nitrogen and oxygen atoms in total. The number of allylic oxidation sites excluding steroid dienone is 2. The van der Waals surface area contributed by atoms with E-state index in [4.69, 9.17) is 26.8 Å². The summed E-state index contributed by atoms with van der Waals surface area (Å²) in [6, 6.07) is 4.55. The molecule has 0 spiro atoms. The van der Waals surface area contributed by atoms with Crippen LogP contribution in [0.2, 0.25) is 5.02 Å². The minimum Gasteiger partial charge on any atom is -0.396 e. The summed E-state index contributed by atoms with van der Waals surface area (Å²) in [5.74, 6) is -0.302. The van der Waals surface area contributed by atoms with E-state index in [1.54, 1.807) is 12.1 Å². The molecule has 6 atom stereocenters. The van der Waals surface area contributed by atoms with Crippen LogP contribution in [0.3, 0.4) is 0 Å². The third kappa shape index (κ3) is 4.06. The molecule has 2 aliphatic carbocycles. The van der Waals surface area contributed by atoms with Gasteiger partial charge >= 0.3 is 0 Å². The van der Waals surface area contributed by atoms with Crippen LogP contribution in [0.25, 0.3) is 0 Å². The van der Waals surface area contributed by atoms with Gasteiger partial charge in [0.15, 0.2) is 6.29 Å². The van der Waals surface area contributed by atoms with E-state index in [0.717, 1.165) is 37.7 Å². The lowest BCUT2D eigenvalue weighted by Crippen LogP contribution is -2.75. The van der Waals surface area contributed by atoms with Crippen LogP contribution in [-0.2, 0) is 9.47 Å². The molecule has 1 heterocycles. The zero-order valence-electron chi connectivity index (χ0n) is 20.2. The van der Waals surface area contributed by atoms with Crippen LogP contribution in [0, 0.1) is 22.6 Å². The van der Waals surface area contributed by atoms with E-state index >= 15 is 0 Å². The van der Waals surface area contributed by atoms with Gasteiger partial charge in [0, 0.05) is 23.1 Å². The molecule has 0 aromatic heterocycles. The monoisotopic (exact) mass is 493 g/mol. The molecule has 1 aromatic rings. The van der Waals surface area contributed by atoms with E-state index in [1.165, 1.54) is 11.6 Å². The molecule has 188 valence electrons. The highest BCUT2D eigenvalue weighted by Gasteiger charge is 2.67. The van der Waals surface area contributed by atoms with Gasteiger partial charge in [0.05, 0.1) is 24.3 Å². The molecule has 1 aliphatic heterocycles. The Morgan fingerprint density at radius 3 is 2.74 bits per heavy atom. The van der Waals surface area contributed by atoms with E-state index in [9.17, 15) is 14.6 Å². The minimum atomic E-state index is -0.605. The Morgan fingerprint density at radius 2 is 2.06 bits per heavy atom. The third-order valence-electron chi connectivity index (χ3n) is 9.09. The second kappa shape index (κ2) is 9.64. The molecule has 4 rings (SSSR count). The van der Waals surface area contributed by atoms with Gasteiger partial charge in [-0.3, -0.25) is 0 Å². The second-order valence-corrected chi connectivity index (χ2v) is 11.1. The summed E-state index contributed by atoms with van der Waals surface area (Å²) in [6.45, 7) is 9.25. The van der Waals surface area contributed by atoms with E-state index in [2.05, 4.69) is 26.5 Å². The molecule has 3 aliphatic rings. The van der Waals surface area contributed by atoms with Crippen molar-refractivity contribution in [1.29, 1.82) is 0 Å². The van der Waals surface area contributed by atoms with Gasteiger partial charge in [-0.25, -0.2) is 4.39 Å². The summed E-state index contributed by atoms with van der Waals surface area (Å²) < 4.78 is 26.3. The van der Waals surface area contributed by atoms with Crippen molar-refractivity contribution in [3.63, 3.8) is 0 Å². The van der Waals surface area contributed by atoms with Crippen molar-refractivity contribution < 1.29 is 24.1 Å². The number of halogens is 2. The van der Waals surface area contributed by atoms with Crippen LogP contribution < -0.4 is 5.73 Å². The third-order valence-corrected chi connectivity index (χ3v) is 9.38. The number of aliphatic hydroxyl groups excluding tert-OH is 2. The Balaban J connectivity index is 1.60.